The summed E-state index contributed by atoms with van der Waals surface area (Å²) in [6.45, 7) is 1.81. The highest BCUT2D eigenvalue weighted by molar-refractivity contribution is 5.95. The van der Waals surface area contributed by atoms with E-state index in [1.165, 1.54) is 17.1 Å². The van der Waals surface area contributed by atoms with Crippen LogP contribution in [0, 0.1) is 18.3 Å². The molecule has 1 amide bonds. The number of aryl methyl sites for hydroxylation is 1. The van der Waals surface area contributed by atoms with E-state index in [0.29, 0.717) is 40.9 Å². The lowest BCUT2D eigenvalue weighted by atomic mass is 9.93. The number of hydrogen-bond acceptors (Lipinski definition) is 6. The van der Waals surface area contributed by atoms with Crippen molar-refractivity contribution in [2.45, 2.75) is 44.8 Å². The third kappa shape index (κ3) is 4.27. The Morgan fingerprint density at radius 3 is 2.55 bits per heavy atom. The predicted molar refractivity (Wildman–Crippen MR) is 114 cm³/mol. The third-order valence-corrected chi connectivity index (χ3v) is 5.66. The van der Waals surface area contributed by atoms with Crippen LogP contribution in [0.5, 0.6) is 5.88 Å². The fourth-order valence-corrected chi connectivity index (χ4v) is 3.82. The Bertz CT molecular complexity index is 1140. The minimum absolute atomic E-state index is 0.0557. The molecule has 1 fully saturated rings. The van der Waals surface area contributed by atoms with Crippen molar-refractivity contribution in [2.24, 2.45) is 0 Å². The SMILES string of the molecule is Cc1cc(-n2ncc(-c3ccc(C#N)cc3)c2O)ncc1C(=O)NC1CCC(O)CC1. The number of benzene rings is 1. The van der Waals surface area contributed by atoms with Crippen molar-refractivity contribution in [1.82, 2.24) is 20.1 Å². The van der Waals surface area contributed by atoms with Crippen molar-refractivity contribution in [1.29, 1.82) is 5.26 Å². The Morgan fingerprint density at radius 1 is 1.19 bits per heavy atom. The van der Waals surface area contributed by atoms with Gasteiger partial charge in [0.1, 0.15) is 0 Å². The maximum atomic E-state index is 12.7. The van der Waals surface area contributed by atoms with Gasteiger partial charge in [-0.3, -0.25) is 4.79 Å². The minimum atomic E-state index is -0.272. The molecule has 3 N–H and O–H groups in total. The van der Waals surface area contributed by atoms with Gasteiger partial charge in [-0.15, -0.1) is 0 Å². The molecule has 3 aromatic rings. The number of aliphatic hydroxyl groups excluding tert-OH is 1. The highest BCUT2D eigenvalue weighted by Gasteiger charge is 2.22. The topological polar surface area (TPSA) is 124 Å². The van der Waals surface area contributed by atoms with Gasteiger partial charge in [-0.05, 0) is 61.9 Å². The Kier molecular flexibility index (Phi) is 5.69. The van der Waals surface area contributed by atoms with Crippen LogP contribution in [0.1, 0.15) is 47.2 Å². The van der Waals surface area contributed by atoms with Gasteiger partial charge in [-0.2, -0.15) is 15.0 Å². The van der Waals surface area contributed by atoms with Gasteiger partial charge in [0.2, 0.25) is 5.88 Å². The van der Waals surface area contributed by atoms with Crippen molar-refractivity contribution in [3.8, 4) is 28.9 Å². The molecule has 1 saturated carbocycles. The van der Waals surface area contributed by atoms with Gasteiger partial charge >= 0.3 is 0 Å². The molecule has 2 aromatic heterocycles. The molecule has 1 aromatic carbocycles. The van der Waals surface area contributed by atoms with Crippen molar-refractivity contribution >= 4 is 5.91 Å². The number of rotatable bonds is 4. The monoisotopic (exact) mass is 417 g/mol. The normalized spacial score (nSPS) is 18.4. The number of carbonyl (C=O) groups is 1. The number of pyridine rings is 1. The molecule has 0 spiro atoms. The van der Waals surface area contributed by atoms with E-state index in [4.69, 9.17) is 5.26 Å². The third-order valence-electron chi connectivity index (χ3n) is 5.66. The van der Waals surface area contributed by atoms with Crippen LogP contribution in [-0.4, -0.2) is 43.0 Å². The molecule has 158 valence electrons. The number of nitriles is 1. The van der Waals surface area contributed by atoms with Gasteiger partial charge in [0, 0.05) is 12.2 Å². The molecule has 8 nitrogen and oxygen atoms in total. The van der Waals surface area contributed by atoms with E-state index in [0.717, 1.165) is 18.4 Å². The van der Waals surface area contributed by atoms with Crippen molar-refractivity contribution < 1.29 is 15.0 Å². The Hall–Kier alpha value is -3.70. The van der Waals surface area contributed by atoms with E-state index >= 15 is 0 Å². The van der Waals surface area contributed by atoms with E-state index in [1.54, 1.807) is 30.3 Å². The average Bonchev–Trinajstić information content (AvgIpc) is 3.16. The summed E-state index contributed by atoms with van der Waals surface area (Å²) in [5, 5.41) is 36.5. The smallest absolute Gasteiger partial charge is 0.253 e. The van der Waals surface area contributed by atoms with Crippen LogP contribution < -0.4 is 5.32 Å². The minimum Gasteiger partial charge on any atom is -0.493 e. The second-order valence-corrected chi connectivity index (χ2v) is 7.82. The van der Waals surface area contributed by atoms with Crippen molar-refractivity contribution in [3.63, 3.8) is 0 Å². The summed E-state index contributed by atoms with van der Waals surface area (Å²) in [6.07, 6.45) is 5.66. The fraction of sp³-hybridized carbons (Fsp3) is 0.304. The standard InChI is InChI=1S/C23H23N5O3/c1-14-10-21(25-12-19(14)22(30)27-17-6-8-18(29)9-7-17)28-23(31)20(13-26-28)16-4-2-15(11-24)3-5-16/h2-5,10,12-13,17-18,29,31H,6-9H2,1H3,(H,27,30). The number of aliphatic hydroxyl groups is 1. The summed E-state index contributed by atoms with van der Waals surface area (Å²) in [7, 11) is 0. The van der Waals surface area contributed by atoms with Crippen LogP contribution >= 0.6 is 0 Å². The molecule has 0 aliphatic heterocycles. The van der Waals surface area contributed by atoms with Crippen LogP contribution in [-0.2, 0) is 0 Å². The van der Waals surface area contributed by atoms with Gasteiger partial charge in [0.05, 0.1) is 35.1 Å². The van der Waals surface area contributed by atoms with Crippen LogP contribution in [0.4, 0.5) is 0 Å². The van der Waals surface area contributed by atoms with E-state index in [2.05, 4.69) is 21.5 Å². The number of aromatic nitrogens is 3. The van der Waals surface area contributed by atoms with Crippen molar-refractivity contribution in [3.05, 3.63) is 59.4 Å². The van der Waals surface area contributed by atoms with E-state index in [1.807, 2.05) is 6.92 Å². The zero-order chi connectivity index (χ0) is 22.0. The number of amides is 1. The maximum absolute atomic E-state index is 12.7. The molecule has 0 radical (unpaired) electrons. The van der Waals surface area contributed by atoms with Gasteiger partial charge in [-0.25, -0.2) is 4.98 Å². The Labute approximate surface area is 179 Å². The van der Waals surface area contributed by atoms with E-state index in [-0.39, 0.29) is 23.9 Å². The van der Waals surface area contributed by atoms with E-state index in [9.17, 15) is 15.0 Å². The highest BCUT2D eigenvalue weighted by atomic mass is 16.3. The lowest BCUT2D eigenvalue weighted by Gasteiger charge is -2.26. The number of nitrogens with one attached hydrogen (secondary N) is 1. The fourth-order valence-electron chi connectivity index (χ4n) is 3.82. The number of carbonyl (C=O) groups excluding carboxylic acids is 1. The molecule has 0 atom stereocenters. The number of nitrogens with zero attached hydrogens (tertiary/aromatic N) is 4. The van der Waals surface area contributed by atoms with Crippen LogP contribution in [0.15, 0.2) is 42.7 Å². The average molecular weight is 417 g/mol. The molecule has 0 unspecified atom stereocenters. The zero-order valence-electron chi connectivity index (χ0n) is 17.1. The molecular weight excluding hydrogens is 394 g/mol. The van der Waals surface area contributed by atoms with Gasteiger partial charge in [-0.1, -0.05) is 12.1 Å². The molecule has 0 saturated heterocycles. The van der Waals surface area contributed by atoms with Crippen LogP contribution in [0.25, 0.3) is 16.9 Å². The van der Waals surface area contributed by atoms with Gasteiger partial charge in [0.15, 0.2) is 5.82 Å². The molecule has 0 bridgehead atoms. The molecule has 4 rings (SSSR count). The predicted octanol–water partition coefficient (Wildman–Crippen LogP) is 2.85. The second kappa shape index (κ2) is 8.58. The summed E-state index contributed by atoms with van der Waals surface area (Å²) in [5.41, 5.74) is 2.96. The first-order valence-electron chi connectivity index (χ1n) is 10.2. The first-order valence-corrected chi connectivity index (χ1v) is 10.2. The summed E-state index contributed by atoms with van der Waals surface area (Å²) in [5.74, 6) is 0.128. The quantitative estimate of drug-likeness (QED) is 0.600. The molecular formula is C23H23N5O3. The molecule has 1 aliphatic rings. The molecule has 31 heavy (non-hydrogen) atoms. The first-order chi connectivity index (χ1) is 15.0. The highest BCUT2D eigenvalue weighted by Crippen LogP contribution is 2.31. The first kappa shape index (κ1) is 20.6. The number of hydrogen-bond donors (Lipinski definition) is 3. The van der Waals surface area contributed by atoms with Crippen LogP contribution in [0.3, 0.4) is 0 Å². The lowest BCUT2D eigenvalue weighted by Crippen LogP contribution is -2.38. The van der Waals surface area contributed by atoms with Crippen molar-refractivity contribution in [2.75, 3.05) is 0 Å². The molecule has 2 heterocycles. The van der Waals surface area contributed by atoms with E-state index < -0.39 is 0 Å². The molecule has 8 heteroatoms. The van der Waals surface area contributed by atoms with Gasteiger partial charge < -0.3 is 15.5 Å². The second-order valence-electron chi connectivity index (χ2n) is 7.82. The Morgan fingerprint density at radius 2 is 1.90 bits per heavy atom. The molecule has 1 aliphatic carbocycles. The lowest BCUT2D eigenvalue weighted by molar-refractivity contribution is 0.0866. The summed E-state index contributed by atoms with van der Waals surface area (Å²) in [4.78, 5) is 17.0. The van der Waals surface area contributed by atoms with Crippen LogP contribution in [0.2, 0.25) is 0 Å². The maximum Gasteiger partial charge on any atom is 0.253 e. The number of aromatic hydroxyl groups is 1. The summed E-state index contributed by atoms with van der Waals surface area (Å²) in [6, 6.07) is 10.7. The van der Waals surface area contributed by atoms with Gasteiger partial charge in [0.25, 0.3) is 5.91 Å². The largest absolute Gasteiger partial charge is 0.493 e. The summed E-state index contributed by atoms with van der Waals surface area (Å²) < 4.78 is 1.31. The summed E-state index contributed by atoms with van der Waals surface area (Å²) >= 11 is 0. The Balaban J connectivity index is 1.53. The zero-order valence-corrected chi connectivity index (χ0v) is 17.1.